The first-order chi connectivity index (χ1) is 15.5. The molecule has 2 aromatic carbocycles. The summed E-state index contributed by atoms with van der Waals surface area (Å²) in [6.45, 7) is 4.85. The molecule has 1 aliphatic rings. The van der Waals surface area contributed by atoms with Crippen molar-refractivity contribution in [1.82, 2.24) is 19.7 Å². The van der Waals surface area contributed by atoms with Gasteiger partial charge in [0.1, 0.15) is 5.82 Å². The first-order valence-corrected chi connectivity index (χ1v) is 12.2. The first-order valence-electron chi connectivity index (χ1n) is 11.2. The molecule has 32 heavy (non-hydrogen) atoms. The van der Waals surface area contributed by atoms with Crippen molar-refractivity contribution < 1.29 is 9.18 Å². The Morgan fingerprint density at radius 2 is 1.72 bits per heavy atom. The number of carbonyl (C=O) groups excluding carboxylic acids is 1. The highest BCUT2D eigenvalue weighted by atomic mass is 32.2. The topological polar surface area (TPSA) is 51.0 Å². The van der Waals surface area contributed by atoms with Gasteiger partial charge in [0.25, 0.3) is 0 Å². The standard InChI is InChI=1S/C25H29FN4OS/c1-18-9-8-10-19(2)30(18)23(31)17-32-25-28-27-24(21-13-6-7-14-22(21)26)29(25)16-15-20-11-4-3-5-12-20/h3-7,11-14,18-19H,8-10,15-17H2,1-2H3/t18-,19-/m0/s1. The van der Waals surface area contributed by atoms with Gasteiger partial charge in [0, 0.05) is 18.6 Å². The summed E-state index contributed by atoms with van der Waals surface area (Å²) >= 11 is 1.39. The maximum atomic E-state index is 14.5. The Hall–Kier alpha value is -2.67. The van der Waals surface area contributed by atoms with Gasteiger partial charge in [-0.3, -0.25) is 4.79 Å². The molecule has 0 N–H and O–H groups in total. The number of likely N-dealkylation sites (tertiary alicyclic amines) is 1. The van der Waals surface area contributed by atoms with Gasteiger partial charge in [0.05, 0.1) is 11.3 Å². The summed E-state index contributed by atoms with van der Waals surface area (Å²) in [6.07, 6.45) is 4.03. The van der Waals surface area contributed by atoms with Gasteiger partial charge >= 0.3 is 0 Å². The number of aryl methyl sites for hydroxylation is 1. The van der Waals surface area contributed by atoms with Gasteiger partial charge in [-0.05, 0) is 57.2 Å². The summed E-state index contributed by atoms with van der Waals surface area (Å²) in [5, 5.41) is 9.29. The maximum absolute atomic E-state index is 14.5. The third kappa shape index (κ3) is 5.04. The molecule has 5 nitrogen and oxygen atoms in total. The number of thioether (sulfide) groups is 1. The molecule has 4 rings (SSSR count). The zero-order valence-corrected chi connectivity index (χ0v) is 19.4. The second kappa shape index (κ2) is 10.3. The smallest absolute Gasteiger partial charge is 0.233 e. The molecule has 1 amide bonds. The fraction of sp³-hybridized carbons (Fsp3) is 0.400. The van der Waals surface area contributed by atoms with Crippen LogP contribution in [-0.4, -0.2) is 43.4 Å². The fourth-order valence-electron chi connectivity index (χ4n) is 4.44. The Balaban J connectivity index is 1.55. The van der Waals surface area contributed by atoms with E-state index >= 15 is 0 Å². The van der Waals surface area contributed by atoms with Crippen LogP contribution in [0.1, 0.15) is 38.7 Å². The second-order valence-corrected chi connectivity index (χ2v) is 9.33. The molecular formula is C25H29FN4OS. The van der Waals surface area contributed by atoms with Crippen LogP contribution in [0.15, 0.2) is 59.8 Å². The average molecular weight is 453 g/mol. The van der Waals surface area contributed by atoms with Crippen LogP contribution in [0.3, 0.4) is 0 Å². The third-order valence-electron chi connectivity index (χ3n) is 6.10. The molecule has 1 saturated heterocycles. The molecule has 168 valence electrons. The van der Waals surface area contributed by atoms with Gasteiger partial charge in [-0.15, -0.1) is 10.2 Å². The van der Waals surface area contributed by atoms with Crippen LogP contribution in [-0.2, 0) is 17.8 Å². The Kier molecular flexibility index (Phi) is 7.25. The van der Waals surface area contributed by atoms with E-state index in [0.29, 0.717) is 28.8 Å². The maximum Gasteiger partial charge on any atom is 0.233 e. The van der Waals surface area contributed by atoms with Crippen LogP contribution in [0.25, 0.3) is 11.4 Å². The summed E-state index contributed by atoms with van der Waals surface area (Å²) in [4.78, 5) is 15.0. The van der Waals surface area contributed by atoms with Gasteiger partial charge in [-0.25, -0.2) is 4.39 Å². The third-order valence-corrected chi connectivity index (χ3v) is 7.06. The molecule has 2 heterocycles. The molecule has 1 fully saturated rings. The number of rotatable bonds is 7. The van der Waals surface area contributed by atoms with Crippen LogP contribution < -0.4 is 0 Å². The molecule has 1 aromatic heterocycles. The number of carbonyl (C=O) groups is 1. The van der Waals surface area contributed by atoms with Crippen molar-refractivity contribution in [2.45, 2.75) is 63.3 Å². The highest BCUT2D eigenvalue weighted by Gasteiger charge is 2.29. The highest BCUT2D eigenvalue weighted by Crippen LogP contribution is 2.28. The van der Waals surface area contributed by atoms with Crippen molar-refractivity contribution in [2.24, 2.45) is 0 Å². The average Bonchev–Trinajstić information content (AvgIpc) is 3.19. The minimum Gasteiger partial charge on any atom is -0.337 e. The van der Waals surface area contributed by atoms with Gasteiger partial charge in [-0.2, -0.15) is 0 Å². The summed E-state index contributed by atoms with van der Waals surface area (Å²) < 4.78 is 16.5. The lowest BCUT2D eigenvalue weighted by atomic mass is 9.98. The largest absolute Gasteiger partial charge is 0.337 e. The minimum atomic E-state index is -0.329. The zero-order valence-electron chi connectivity index (χ0n) is 18.6. The molecule has 0 unspecified atom stereocenters. The van der Waals surface area contributed by atoms with E-state index in [1.54, 1.807) is 18.2 Å². The number of piperidine rings is 1. The van der Waals surface area contributed by atoms with Crippen LogP contribution in [0.4, 0.5) is 4.39 Å². The quantitative estimate of drug-likeness (QED) is 0.462. The van der Waals surface area contributed by atoms with Crippen molar-refractivity contribution in [3.63, 3.8) is 0 Å². The molecule has 1 aliphatic heterocycles. The SMILES string of the molecule is C[C@H]1CCC[C@H](C)N1C(=O)CSc1nnc(-c2ccccc2F)n1CCc1ccccc1. The zero-order chi connectivity index (χ0) is 22.5. The molecule has 0 aliphatic carbocycles. The lowest BCUT2D eigenvalue weighted by Gasteiger charge is -2.39. The minimum absolute atomic E-state index is 0.125. The van der Waals surface area contributed by atoms with Crippen molar-refractivity contribution in [2.75, 3.05) is 5.75 Å². The van der Waals surface area contributed by atoms with Crippen molar-refractivity contribution in [3.8, 4) is 11.4 Å². The Morgan fingerprint density at radius 3 is 2.44 bits per heavy atom. The molecule has 7 heteroatoms. The number of aromatic nitrogens is 3. The fourth-order valence-corrected chi connectivity index (χ4v) is 5.27. The molecule has 0 spiro atoms. The molecule has 2 atom stereocenters. The predicted octanol–water partition coefficient (Wildman–Crippen LogP) is 5.21. The summed E-state index contributed by atoms with van der Waals surface area (Å²) in [7, 11) is 0. The molecule has 0 radical (unpaired) electrons. The monoisotopic (exact) mass is 452 g/mol. The van der Waals surface area contributed by atoms with Gasteiger partial charge in [-0.1, -0.05) is 54.2 Å². The van der Waals surface area contributed by atoms with Gasteiger partial charge < -0.3 is 9.47 Å². The van der Waals surface area contributed by atoms with Crippen LogP contribution >= 0.6 is 11.8 Å². The number of nitrogens with zero attached hydrogens (tertiary/aromatic N) is 4. The lowest BCUT2D eigenvalue weighted by Crippen LogP contribution is -2.48. The van der Waals surface area contributed by atoms with Crippen molar-refractivity contribution >= 4 is 17.7 Å². The number of benzene rings is 2. The number of amides is 1. The van der Waals surface area contributed by atoms with E-state index in [1.165, 1.54) is 29.8 Å². The number of hydrogen-bond acceptors (Lipinski definition) is 4. The van der Waals surface area contributed by atoms with Gasteiger partial charge in [0.15, 0.2) is 11.0 Å². The Labute approximate surface area is 193 Å². The predicted molar refractivity (Wildman–Crippen MR) is 126 cm³/mol. The molecule has 0 bridgehead atoms. The van der Waals surface area contributed by atoms with E-state index in [0.717, 1.165) is 19.3 Å². The van der Waals surface area contributed by atoms with Gasteiger partial charge in [0.2, 0.25) is 5.91 Å². The van der Waals surface area contributed by atoms with Crippen LogP contribution in [0, 0.1) is 5.82 Å². The molecular weight excluding hydrogens is 423 g/mol. The normalized spacial score (nSPS) is 18.7. The van der Waals surface area contributed by atoms with E-state index < -0.39 is 0 Å². The highest BCUT2D eigenvalue weighted by molar-refractivity contribution is 7.99. The summed E-state index contributed by atoms with van der Waals surface area (Å²) in [5.41, 5.74) is 1.60. The van der Waals surface area contributed by atoms with Crippen molar-refractivity contribution in [3.05, 3.63) is 66.0 Å². The number of halogens is 1. The van der Waals surface area contributed by atoms with Crippen LogP contribution in [0.2, 0.25) is 0 Å². The Morgan fingerprint density at radius 1 is 1.03 bits per heavy atom. The van der Waals surface area contributed by atoms with Crippen molar-refractivity contribution in [1.29, 1.82) is 0 Å². The van der Waals surface area contributed by atoms with E-state index in [1.807, 2.05) is 27.7 Å². The van der Waals surface area contributed by atoms with E-state index in [9.17, 15) is 9.18 Å². The number of hydrogen-bond donors (Lipinski definition) is 0. The molecule has 3 aromatic rings. The first kappa shape index (κ1) is 22.5. The lowest BCUT2D eigenvalue weighted by molar-refractivity contribution is -0.134. The molecule has 0 saturated carbocycles. The van der Waals surface area contributed by atoms with Crippen LogP contribution in [0.5, 0.6) is 0 Å². The Bertz CT molecular complexity index is 1050. The second-order valence-electron chi connectivity index (χ2n) is 8.39. The van der Waals surface area contributed by atoms with E-state index in [2.05, 4.69) is 36.2 Å². The summed E-state index contributed by atoms with van der Waals surface area (Å²) in [6, 6.07) is 17.3. The van der Waals surface area contributed by atoms with E-state index in [4.69, 9.17) is 0 Å². The van der Waals surface area contributed by atoms with E-state index in [-0.39, 0.29) is 23.8 Å². The summed E-state index contributed by atoms with van der Waals surface area (Å²) in [5.74, 6) is 0.591.